The second kappa shape index (κ2) is 28.5. The topological polar surface area (TPSA) is 359 Å². The van der Waals surface area contributed by atoms with Gasteiger partial charge in [-0.2, -0.15) is 0 Å². The van der Waals surface area contributed by atoms with Gasteiger partial charge < -0.3 is 93.6 Å². The lowest BCUT2D eigenvalue weighted by Crippen LogP contribution is -2.27. The fraction of sp³-hybridized carbons (Fsp3) is 0.311. The van der Waals surface area contributed by atoms with Gasteiger partial charge in [-0.05, 0) is 96.4 Å². The molecule has 0 radical (unpaired) electrons. The van der Waals surface area contributed by atoms with Gasteiger partial charge in [-0.1, -0.05) is 0 Å². The number of amides is 8. The lowest BCUT2D eigenvalue weighted by Gasteiger charge is -2.19. The first-order valence-electron chi connectivity index (χ1n) is 28.2. The highest BCUT2D eigenvalue weighted by molar-refractivity contribution is 6.11. The Morgan fingerprint density at radius 2 is 0.593 bits per heavy atom. The number of nitrogens with zero attached hydrogens (tertiary/aromatic N) is 9. The molecule has 0 saturated carbocycles. The van der Waals surface area contributed by atoms with Crippen molar-refractivity contribution >= 4 is 105 Å². The van der Waals surface area contributed by atoms with Crippen molar-refractivity contribution in [2.24, 2.45) is 56.4 Å². The number of ether oxygens (including phenoxy) is 1. The second-order valence-corrected chi connectivity index (χ2v) is 22.8. The minimum atomic E-state index is -0.675. The SMILES string of the molecule is CN(C)CCCC(=O)Nc1cc(C(=O)Nc2cc(C(=O)Nc3cc(C(=O)Nc4cc(C(=O)CO)n(C)c4)n(C)c3)n(C)c2)n(C)c1.Cn1cc(NC(=O)c2cc(NC(=O)c3cc(NC(=O)c4cc(NC(=O)OC(C)(C)C)cn4C)cn3C)cn2C)cc1C(=O)CO. The third kappa shape index (κ3) is 17.4. The molecule has 0 bridgehead atoms. The molecular weight excluding hydrogens is 1180 g/mol. The maximum Gasteiger partial charge on any atom is 0.412 e. The summed E-state index contributed by atoms with van der Waals surface area (Å²) in [7, 11) is 17.1. The van der Waals surface area contributed by atoms with Gasteiger partial charge in [-0.3, -0.25) is 48.5 Å². The minimum Gasteiger partial charge on any atom is -0.444 e. The third-order valence-electron chi connectivity index (χ3n) is 13.8. The molecule has 8 amide bonds. The lowest BCUT2D eigenvalue weighted by atomic mass is 10.2. The van der Waals surface area contributed by atoms with Crippen LogP contribution in [0.3, 0.4) is 0 Å². The Kier molecular flexibility index (Phi) is 21.1. The molecule has 0 aliphatic heterocycles. The maximum atomic E-state index is 13.1. The zero-order chi connectivity index (χ0) is 66.9. The summed E-state index contributed by atoms with van der Waals surface area (Å²) < 4.78 is 17.6. The van der Waals surface area contributed by atoms with Crippen molar-refractivity contribution in [3.63, 3.8) is 0 Å². The van der Waals surface area contributed by atoms with Crippen LogP contribution in [-0.2, 0) is 65.9 Å². The van der Waals surface area contributed by atoms with E-state index >= 15 is 0 Å². The Morgan fingerprint density at radius 3 is 0.824 bits per heavy atom. The Morgan fingerprint density at radius 1 is 0.374 bits per heavy atom. The molecule has 0 fully saturated rings. The number of aryl methyl sites for hydroxylation is 8. The highest BCUT2D eigenvalue weighted by Gasteiger charge is 2.24. The summed E-state index contributed by atoms with van der Waals surface area (Å²) in [6.07, 6.45) is 13.1. The normalized spacial score (nSPS) is 11.1. The molecule has 0 aliphatic carbocycles. The van der Waals surface area contributed by atoms with E-state index < -0.39 is 71.9 Å². The fourth-order valence-electron chi connectivity index (χ4n) is 9.51. The van der Waals surface area contributed by atoms with Crippen LogP contribution in [0.15, 0.2) is 98.1 Å². The number of ketones is 2. The molecule has 91 heavy (non-hydrogen) atoms. The van der Waals surface area contributed by atoms with Gasteiger partial charge in [0.05, 0.1) is 56.9 Å². The highest BCUT2D eigenvalue weighted by Crippen LogP contribution is 2.25. The number of hydrogen-bond donors (Lipinski definition) is 10. The Balaban J connectivity index is 0.000000259. The van der Waals surface area contributed by atoms with Crippen molar-refractivity contribution in [3.05, 3.63) is 144 Å². The van der Waals surface area contributed by atoms with Gasteiger partial charge in [-0.25, -0.2) is 4.79 Å². The van der Waals surface area contributed by atoms with Gasteiger partial charge in [-0.15, -0.1) is 0 Å². The summed E-state index contributed by atoms with van der Waals surface area (Å²) in [5.74, 6) is -3.85. The number of carbonyl (C=O) groups is 10. The van der Waals surface area contributed by atoms with Crippen LogP contribution in [0.2, 0.25) is 0 Å². The molecule has 30 nitrogen and oxygen atoms in total. The molecule has 10 N–H and O–H groups in total. The van der Waals surface area contributed by atoms with E-state index in [0.717, 1.165) is 13.0 Å². The fourth-order valence-corrected chi connectivity index (χ4v) is 9.51. The van der Waals surface area contributed by atoms with Crippen molar-refractivity contribution in [2.45, 2.75) is 39.2 Å². The van der Waals surface area contributed by atoms with Crippen LogP contribution in [0.1, 0.15) is 118 Å². The van der Waals surface area contributed by atoms with Gasteiger partial charge in [0.15, 0.2) is 0 Å². The number of aliphatic hydroxyl groups excluding tert-OH is 2. The van der Waals surface area contributed by atoms with Crippen LogP contribution < -0.4 is 42.5 Å². The summed E-state index contributed by atoms with van der Waals surface area (Å²) in [5.41, 5.74) is 4.52. The summed E-state index contributed by atoms with van der Waals surface area (Å²) in [5, 5.41) is 40.1. The smallest absolute Gasteiger partial charge is 0.412 e. The first-order valence-corrected chi connectivity index (χ1v) is 28.2. The molecule has 8 aromatic heterocycles. The number of rotatable bonds is 22. The van der Waals surface area contributed by atoms with E-state index in [-0.39, 0.29) is 45.8 Å². The molecule has 30 heteroatoms. The van der Waals surface area contributed by atoms with E-state index in [0.29, 0.717) is 57.6 Å². The molecule has 8 rings (SSSR count). The van der Waals surface area contributed by atoms with E-state index in [1.807, 2.05) is 19.0 Å². The molecule has 0 saturated heterocycles. The zero-order valence-electron chi connectivity index (χ0n) is 52.7. The van der Waals surface area contributed by atoms with Gasteiger partial charge in [0, 0.05) is 112 Å². The van der Waals surface area contributed by atoms with Crippen LogP contribution in [0.4, 0.5) is 50.3 Å². The molecular formula is C61H75N17O13. The van der Waals surface area contributed by atoms with Crippen molar-refractivity contribution in [1.82, 2.24) is 41.4 Å². The number of nitrogens with one attached hydrogen (secondary N) is 8. The van der Waals surface area contributed by atoms with Crippen molar-refractivity contribution in [2.75, 3.05) is 76.4 Å². The Bertz CT molecular complexity index is 4110. The zero-order valence-corrected chi connectivity index (χ0v) is 52.7. The van der Waals surface area contributed by atoms with Crippen LogP contribution in [0, 0.1) is 0 Å². The van der Waals surface area contributed by atoms with Gasteiger partial charge in [0.25, 0.3) is 35.4 Å². The number of carbonyl (C=O) groups excluding carboxylic acids is 10. The third-order valence-corrected chi connectivity index (χ3v) is 13.8. The van der Waals surface area contributed by atoms with Crippen molar-refractivity contribution < 1.29 is 62.9 Å². The molecule has 0 atom stereocenters. The number of aliphatic hydroxyl groups is 2. The Labute approximate surface area is 522 Å². The minimum absolute atomic E-state index is 0.133. The molecule has 8 aromatic rings. The molecule has 8 heterocycles. The van der Waals surface area contributed by atoms with Crippen LogP contribution in [-0.4, -0.2) is 150 Å². The van der Waals surface area contributed by atoms with E-state index in [2.05, 4.69) is 42.5 Å². The number of aromatic nitrogens is 8. The van der Waals surface area contributed by atoms with E-state index in [1.54, 1.807) is 156 Å². The van der Waals surface area contributed by atoms with Crippen molar-refractivity contribution in [1.29, 1.82) is 0 Å². The van der Waals surface area contributed by atoms with Crippen LogP contribution in [0.25, 0.3) is 0 Å². The van der Waals surface area contributed by atoms with E-state index in [1.165, 1.54) is 56.2 Å². The maximum absolute atomic E-state index is 13.1. The standard InChI is InChI=1S/C31H39N9O6.C30H36N8O7/c1-36(2)9-7-8-28(43)32-19-11-24(38(4)14-19)29(44)34-21-13-26(40(6)16-21)31(46)35-22-12-25(39(5)17-22)30(45)33-20-10-23(27(42)18-41)37(3)15-20;1-30(2,3)45-29(44)34-20-11-24(38(7)15-20)28(43)33-19-10-23(37(6)14-19)27(42)32-18-9-22(36(5)13-18)26(41)31-17-8-21(25(40)16-39)35(4)12-17/h10-17,41H,7-9,18H2,1-6H3,(H,32,43)(H,33,45)(H,34,44)(H,35,46);8-15,39H,16H2,1-7H3,(H,31,41)(H,32,42)(H,33,43)(H,34,44). The van der Waals surface area contributed by atoms with Gasteiger partial charge in [0.2, 0.25) is 17.5 Å². The highest BCUT2D eigenvalue weighted by atomic mass is 16.6. The van der Waals surface area contributed by atoms with E-state index in [9.17, 15) is 47.9 Å². The average molecular weight is 1250 g/mol. The predicted octanol–water partition coefficient (Wildman–Crippen LogP) is 5.57. The summed E-state index contributed by atoms with van der Waals surface area (Å²) in [6, 6.07) is 12.1. The molecule has 0 aromatic carbocycles. The van der Waals surface area contributed by atoms with Gasteiger partial charge in [0.1, 0.15) is 53.0 Å². The number of hydrogen-bond acceptors (Lipinski definition) is 14. The first kappa shape index (κ1) is 67.5. The van der Waals surface area contributed by atoms with Crippen LogP contribution in [0.5, 0.6) is 0 Å². The summed E-state index contributed by atoms with van der Waals surface area (Å²) >= 11 is 0. The second-order valence-electron chi connectivity index (χ2n) is 22.8. The van der Waals surface area contributed by atoms with Gasteiger partial charge >= 0.3 is 6.09 Å². The number of Topliss-reactive ketones (excluding diaryl/α,β-unsaturated/α-hetero) is 2. The number of anilines is 8. The molecule has 0 spiro atoms. The predicted molar refractivity (Wildman–Crippen MR) is 340 cm³/mol. The largest absolute Gasteiger partial charge is 0.444 e. The first-order chi connectivity index (χ1) is 42.8. The monoisotopic (exact) mass is 1250 g/mol. The van der Waals surface area contributed by atoms with E-state index in [4.69, 9.17) is 14.9 Å². The molecule has 0 aliphatic rings. The van der Waals surface area contributed by atoms with Crippen LogP contribution >= 0.6 is 0 Å². The lowest BCUT2D eigenvalue weighted by molar-refractivity contribution is -0.116. The quantitative estimate of drug-likeness (QED) is 0.0371. The average Bonchev–Trinajstić information content (AvgIpc) is 1.78. The summed E-state index contributed by atoms with van der Waals surface area (Å²) in [4.78, 5) is 128. The summed E-state index contributed by atoms with van der Waals surface area (Å²) in [6.45, 7) is 4.74. The Hall–Kier alpha value is -11.0. The van der Waals surface area contributed by atoms with Crippen molar-refractivity contribution in [3.8, 4) is 0 Å². The molecule has 482 valence electrons. The molecule has 0 unspecified atom stereocenters.